The van der Waals surface area contributed by atoms with Crippen LogP contribution in [0.4, 0.5) is 0 Å². The highest BCUT2D eigenvalue weighted by molar-refractivity contribution is 5.89. The van der Waals surface area contributed by atoms with Gasteiger partial charge in [-0.2, -0.15) is 0 Å². The summed E-state index contributed by atoms with van der Waals surface area (Å²) < 4.78 is 0. The third-order valence-corrected chi connectivity index (χ3v) is 9.72. The second-order valence-corrected chi connectivity index (χ2v) is 13.9. The fourth-order valence-corrected chi connectivity index (χ4v) is 6.80. The Morgan fingerprint density at radius 1 is 0.565 bits per heavy atom. The average molecular weight is 654 g/mol. The van der Waals surface area contributed by atoms with Crippen LogP contribution >= 0.6 is 0 Å². The Bertz CT molecular complexity index is 735. The number of unbranched alkanes of at least 4 members (excludes halogenated alkanes) is 22. The molecule has 0 saturated carbocycles. The molecule has 0 heterocycles. The molecule has 4 atom stereocenters. The van der Waals surface area contributed by atoms with Crippen molar-refractivity contribution < 1.29 is 24.6 Å². The lowest BCUT2D eigenvalue weighted by Crippen LogP contribution is -2.53. The molecule has 1 amide bonds. The number of carbonyl (C=O) groups is 3. The largest absolute Gasteiger partial charge is 0.481 e. The van der Waals surface area contributed by atoms with Gasteiger partial charge in [0.25, 0.3) is 0 Å². The van der Waals surface area contributed by atoms with E-state index < -0.39 is 36.4 Å². The van der Waals surface area contributed by atoms with E-state index >= 15 is 0 Å². The molecule has 272 valence electrons. The molecule has 0 aliphatic carbocycles. The van der Waals surface area contributed by atoms with E-state index in [9.17, 15) is 19.5 Å². The lowest BCUT2D eigenvalue weighted by molar-refractivity contribution is -0.147. The number of nitrogens with one attached hydrogen (secondary N) is 1. The molecule has 0 spiro atoms. The molecule has 0 saturated heterocycles. The highest BCUT2D eigenvalue weighted by Gasteiger charge is 2.33. The molecule has 7 N–H and O–H groups in total. The molecule has 0 rings (SSSR count). The zero-order valence-electron chi connectivity index (χ0n) is 30.1. The molecule has 8 heteroatoms. The number of carbonyl (C=O) groups excluding carboxylic acids is 1. The number of rotatable bonds is 35. The normalized spacial score (nSPS) is 14.1. The van der Waals surface area contributed by atoms with Crippen molar-refractivity contribution in [1.82, 2.24) is 5.32 Å². The van der Waals surface area contributed by atoms with Crippen LogP contribution in [0.2, 0.25) is 0 Å². The standard InChI is InChI=1S/C38H75N3O5/c1-3-5-7-9-11-13-15-17-19-21-23-25-27-32(29-30-39)33(36(40)37(44)41-34(38(45)46)31-35(42)43)28-26-24-22-20-18-16-14-12-10-8-6-4-2/h32-34,36H,3-31,39-40H2,1-2H3,(H,41,44)(H,42,43)(H,45,46). The number of nitrogens with two attached hydrogens (primary N) is 2. The molecule has 0 aromatic carbocycles. The molecule has 4 unspecified atom stereocenters. The van der Waals surface area contributed by atoms with Crippen LogP contribution in [0, 0.1) is 11.8 Å². The smallest absolute Gasteiger partial charge is 0.326 e. The predicted molar refractivity (Wildman–Crippen MR) is 192 cm³/mol. The molecule has 0 fully saturated rings. The maximum atomic E-state index is 13.2. The van der Waals surface area contributed by atoms with E-state index in [-0.39, 0.29) is 11.8 Å². The van der Waals surface area contributed by atoms with Crippen LogP contribution in [-0.2, 0) is 14.4 Å². The summed E-state index contributed by atoms with van der Waals surface area (Å²) in [4.78, 5) is 35.9. The number of amides is 1. The van der Waals surface area contributed by atoms with E-state index in [1.54, 1.807) is 0 Å². The molecule has 0 aliphatic rings. The molecule has 0 radical (unpaired) electrons. The van der Waals surface area contributed by atoms with Crippen molar-refractivity contribution in [3.05, 3.63) is 0 Å². The first-order valence-electron chi connectivity index (χ1n) is 19.5. The van der Waals surface area contributed by atoms with E-state index in [1.807, 2.05) is 0 Å². The molecule has 8 nitrogen and oxygen atoms in total. The van der Waals surface area contributed by atoms with Gasteiger partial charge in [0.15, 0.2) is 0 Å². The van der Waals surface area contributed by atoms with Gasteiger partial charge in [-0.3, -0.25) is 9.59 Å². The van der Waals surface area contributed by atoms with Crippen LogP contribution in [0.1, 0.15) is 194 Å². The molecule has 0 aliphatic heterocycles. The van der Waals surface area contributed by atoms with Crippen molar-refractivity contribution in [3.63, 3.8) is 0 Å². The van der Waals surface area contributed by atoms with Crippen molar-refractivity contribution in [2.45, 2.75) is 206 Å². The summed E-state index contributed by atoms with van der Waals surface area (Å²) in [7, 11) is 0. The topological polar surface area (TPSA) is 156 Å². The summed E-state index contributed by atoms with van der Waals surface area (Å²) in [6.07, 6.45) is 32.3. The molecular weight excluding hydrogens is 578 g/mol. The first-order valence-corrected chi connectivity index (χ1v) is 19.5. The van der Waals surface area contributed by atoms with Gasteiger partial charge in [-0.1, -0.05) is 174 Å². The SMILES string of the molecule is CCCCCCCCCCCCCCC(CCN)C(CCCCCCCCCCCCCC)C(N)C(=O)NC(CC(=O)O)C(=O)O. The number of carboxylic acids is 2. The van der Waals surface area contributed by atoms with Crippen molar-refractivity contribution in [3.8, 4) is 0 Å². The average Bonchev–Trinajstić information content (AvgIpc) is 3.02. The third-order valence-electron chi connectivity index (χ3n) is 9.72. The van der Waals surface area contributed by atoms with Gasteiger partial charge in [-0.15, -0.1) is 0 Å². The van der Waals surface area contributed by atoms with Gasteiger partial charge in [0.05, 0.1) is 12.5 Å². The van der Waals surface area contributed by atoms with E-state index in [1.165, 1.54) is 128 Å². The second-order valence-electron chi connectivity index (χ2n) is 13.9. The van der Waals surface area contributed by atoms with Crippen LogP contribution in [-0.4, -0.2) is 46.7 Å². The van der Waals surface area contributed by atoms with Gasteiger partial charge < -0.3 is 27.0 Å². The Morgan fingerprint density at radius 3 is 1.28 bits per heavy atom. The summed E-state index contributed by atoms with van der Waals surface area (Å²) in [5.41, 5.74) is 12.6. The molecular formula is C38H75N3O5. The Kier molecular flexibility index (Phi) is 30.7. The minimum atomic E-state index is -1.49. The van der Waals surface area contributed by atoms with Crippen LogP contribution in [0.15, 0.2) is 0 Å². The molecule has 0 aromatic rings. The van der Waals surface area contributed by atoms with Gasteiger partial charge in [0.2, 0.25) is 5.91 Å². The quantitative estimate of drug-likeness (QED) is 0.0427. The first-order chi connectivity index (χ1) is 22.3. The lowest BCUT2D eigenvalue weighted by Gasteiger charge is -2.32. The van der Waals surface area contributed by atoms with Gasteiger partial charge in [0.1, 0.15) is 6.04 Å². The summed E-state index contributed by atoms with van der Waals surface area (Å²) in [5, 5.41) is 21.0. The van der Waals surface area contributed by atoms with E-state index in [0.717, 1.165) is 44.9 Å². The summed E-state index contributed by atoms with van der Waals surface area (Å²) >= 11 is 0. The first kappa shape index (κ1) is 44.3. The molecule has 46 heavy (non-hydrogen) atoms. The molecule has 0 bridgehead atoms. The van der Waals surface area contributed by atoms with Gasteiger partial charge in [-0.25, -0.2) is 4.79 Å². The zero-order valence-corrected chi connectivity index (χ0v) is 30.1. The molecule has 0 aromatic heterocycles. The second kappa shape index (κ2) is 31.9. The number of hydrogen-bond donors (Lipinski definition) is 5. The van der Waals surface area contributed by atoms with E-state index in [0.29, 0.717) is 6.54 Å². The van der Waals surface area contributed by atoms with Crippen molar-refractivity contribution in [1.29, 1.82) is 0 Å². The van der Waals surface area contributed by atoms with Gasteiger partial charge in [-0.05, 0) is 31.2 Å². The van der Waals surface area contributed by atoms with Crippen molar-refractivity contribution in [2.75, 3.05) is 6.54 Å². The number of carboxylic acid groups (broad SMARTS) is 2. The summed E-state index contributed by atoms with van der Waals surface area (Å²) in [5.74, 6) is -3.14. The monoisotopic (exact) mass is 654 g/mol. The Morgan fingerprint density at radius 2 is 0.935 bits per heavy atom. The minimum Gasteiger partial charge on any atom is -0.481 e. The maximum absolute atomic E-state index is 13.2. The Hall–Kier alpha value is -1.67. The number of hydrogen-bond acceptors (Lipinski definition) is 5. The Balaban J connectivity index is 4.86. The fraction of sp³-hybridized carbons (Fsp3) is 0.921. The minimum absolute atomic E-state index is 0.112. The highest BCUT2D eigenvalue weighted by Crippen LogP contribution is 2.30. The van der Waals surface area contributed by atoms with Crippen molar-refractivity contribution >= 4 is 17.8 Å². The summed E-state index contributed by atoms with van der Waals surface area (Å²) in [6, 6.07) is -2.38. The maximum Gasteiger partial charge on any atom is 0.326 e. The Labute approximate surface area is 283 Å². The lowest BCUT2D eigenvalue weighted by atomic mass is 9.77. The highest BCUT2D eigenvalue weighted by atomic mass is 16.4. The van der Waals surface area contributed by atoms with Crippen LogP contribution in [0.3, 0.4) is 0 Å². The van der Waals surface area contributed by atoms with Crippen molar-refractivity contribution in [2.24, 2.45) is 23.3 Å². The third kappa shape index (κ3) is 25.4. The van der Waals surface area contributed by atoms with E-state index in [2.05, 4.69) is 19.2 Å². The van der Waals surface area contributed by atoms with Gasteiger partial charge in [0, 0.05) is 0 Å². The van der Waals surface area contributed by atoms with Crippen LogP contribution < -0.4 is 16.8 Å². The van der Waals surface area contributed by atoms with Gasteiger partial charge >= 0.3 is 11.9 Å². The van der Waals surface area contributed by atoms with E-state index in [4.69, 9.17) is 16.6 Å². The summed E-state index contributed by atoms with van der Waals surface area (Å²) in [6.45, 7) is 5.02. The fourth-order valence-electron chi connectivity index (χ4n) is 6.80. The number of aliphatic carboxylic acids is 2. The van der Waals surface area contributed by atoms with Crippen LogP contribution in [0.5, 0.6) is 0 Å². The zero-order chi connectivity index (χ0) is 34.3. The predicted octanol–water partition coefficient (Wildman–Crippen LogP) is 9.12. The van der Waals surface area contributed by atoms with Crippen LogP contribution in [0.25, 0.3) is 0 Å².